The van der Waals surface area contributed by atoms with Crippen LogP contribution in [0.5, 0.6) is 5.75 Å². The number of sulfonamides is 1. The molecule has 8 heteroatoms. The fourth-order valence-electron chi connectivity index (χ4n) is 4.82. The summed E-state index contributed by atoms with van der Waals surface area (Å²) in [5, 5.41) is 0. The molecular formula is C28H31N3O4S. The van der Waals surface area contributed by atoms with Crippen LogP contribution in [0.15, 0.2) is 83.8 Å². The van der Waals surface area contributed by atoms with Gasteiger partial charge in [0, 0.05) is 39.3 Å². The summed E-state index contributed by atoms with van der Waals surface area (Å²) in [6.07, 6.45) is 1.67. The predicted octanol–water partition coefficient (Wildman–Crippen LogP) is 3.55. The van der Waals surface area contributed by atoms with E-state index in [0.717, 1.165) is 43.7 Å². The Hall–Kier alpha value is -3.36. The van der Waals surface area contributed by atoms with Gasteiger partial charge in [0.15, 0.2) is 6.61 Å². The van der Waals surface area contributed by atoms with E-state index in [9.17, 15) is 13.2 Å². The Labute approximate surface area is 212 Å². The summed E-state index contributed by atoms with van der Waals surface area (Å²) >= 11 is 0. The maximum Gasteiger partial charge on any atom is 0.264 e. The normalized spacial score (nSPS) is 16.4. The smallest absolute Gasteiger partial charge is 0.264 e. The lowest BCUT2D eigenvalue weighted by atomic mass is 10.0. The van der Waals surface area contributed by atoms with Crippen LogP contribution in [0.1, 0.15) is 17.5 Å². The van der Waals surface area contributed by atoms with E-state index in [1.165, 1.54) is 9.87 Å². The Bertz CT molecular complexity index is 1290. The number of anilines is 1. The molecule has 2 heterocycles. The van der Waals surface area contributed by atoms with Crippen LogP contribution in [0.25, 0.3) is 0 Å². The maximum absolute atomic E-state index is 13.3. The molecule has 0 saturated carbocycles. The van der Waals surface area contributed by atoms with Crippen molar-refractivity contribution in [3.63, 3.8) is 0 Å². The molecule has 0 bridgehead atoms. The lowest BCUT2D eigenvalue weighted by Gasteiger charge is -2.34. The third kappa shape index (κ3) is 5.39. The van der Waals surface area contributed by atoms with Crippen LogP contribution in [0.4, 0.5) is 5.69 Å². The van der Waals surface area contributed by atoms with Gasteiger partial charge in [-0.3, -0.25) is 14.0 Å². The number of hydrogen-bond acceptors (Lipinski definition) is 5. The van der Waals surface area contributed by atoms with Gasteiger partial charge >= 0.3 is 0 Å². The van der Waals surface area contributed by atoms with E-state index in [1.54, 1.807) is 24.3 Å². The second kappa shape index (κ2) is 10.7. The van der Waals surface area contributed by atoms with Gasteiger partial charge in [-0.1, -0.05) is 48.5 Å². The van der Waals surface area contributed by atoms with Crippen molar-refractivity contribution in [3.8, 4) is 5.75 Å². The van der Waals surface area contributed by atoms with Crippen LogP contribution in [-0.4, -0.2) is 63.5 Å². The molecule has 5 rings (SSSR count). The Morgan fingerprint density at radius 2 is 1.50 bits per heavy atom. The number of amides is 1. The van der Waals surface area contributed by atoms with Crippen molar-refractivity contribution in [2.24, 2.45) is 0 Å². The first kappa shape index (κ1) is 24.3. The molecule has 36 heavy (non-hydrogen) atoms. The van der Waals surface area contributed by atoms with Crippen LogP contribution < -0.4 is 9.04 Å². The number of carbonyl (C=O) groups is 1. The summed E-state index contributed by atoms with van der Waals surface area (Å²) in [6.45, 7) is 4.28. The first-order valence-electron chi connectivity index (χ1n) is 12.4. The topological polar surface area (TPSA) is 70.2 Å². The summed E-state index contributed by atoms with van der Waals surface area (Å²) in [5.74, 6) is 0.417. The number of fused-ring (bicyclic) bond motifs is 1. The van der Waals surface area contributed by atoms with Crippen LogP contribution in [0.2, 0.25) is 0 Å². The van der Waals surface area contributed by atoms with Crippen LogP contribution in [-0.2, 0) is 27.8 Å². The third-order valence-electron chi connectivity index (χ3n) is 6.82. The van der Waals surface area contributed by atoms with Crippen LogP contribution >= 0.6 is 0 Å². The van der Waals surface area contributed by atoms with E-state index in [-0.39, 0.29) is 17.4 Å². The van der Waals surface area contributed by atoms with Gasteiger partial charge in [0.05, 0.1) is 10.6 Å². The number of aryl methyl sites for hydroxylation is 1. The van der Waals surface area contributed by atoms with E-state index in [0.29, 0.717) is 25.4 Å². The molecule has 1 fully saturated rings. The first-order valence-corrected chi connectivity index (χ1v) is 13.8. The van der Waals surface area contributed by atoms with Crippen LogP contribution in [0.3, 0.4) is 0 Å². The number of carbonyl (C=O) groups excluding carboxylic acids is 1. The molecule has 3 aromatic rings. The number of hydrogen-bond donors (Lipinski definition) is 0. The van der Waals surface area contributed by atoms with E-state index in [1.807, 2.05) is 47.4 Å². The number of ether oxygens (including phenoxy) is 1. The van der Waals surface area contributed by atoms with Gasteiger partial charge in [-0.25, -0.2) is 8.42 Å². The molecule has 0 N–H and O–H groups in total. The van der Waals surface area contributed by atoms with Crippen molar-refractivity contribution >= 4 is 21.6 Å². The summed E-state index contributed by atoms with van der Waals surface area (Å²) in [5.41, 5.74) is 3.07. The van der Waals surface area contributed by atoms with Crippen molar-refractivity contribution < 1.29 is 17.9 Å². The minimum Gasteiger partial charge on any atom is -0.484 e. The minimum atomic E-state index is -3.67. The van der Waals surface area contributed by atoms with Gasteiger partial charge in [-0.05, 0) is 54.3 Å². The second-order valence-corrected chi connectivity index (χ2v) is 11.1. The van der Waals surface area contributed by atoms with Gasteiger partial charge in [0.2, 0.25) is 0 Å². The van der Waals surface area contributed by atoms with Crippen molar-refractivity contribution in [1.82, 2.24) is 9.80 Å². The molecule has 7 nitrogen and oxygen atoms in total. The number of nitrogens with zero attached hydrogens (tertiary/aromatic N) is 3. The fourth-order valence-corrected chi connectivity index (χ4v) is 6.36. The molecule has 0 radical (unpaired) electrons. The Morgan fingerprint density at radius 1 is 0.806 bits per heavy atom. The molecule has 0 atom stereocenters. The molecule has 2 aliphatic rings. The number of benzene rings is 3. The maximum atomic E-state index is 13.3. The Kier molecular flexibility index (Phi) is 7.25. The number of rotatable bonds is 7. The molecule has 0 unspecified atom stereocenters. The molecule has 1 amide bonds. The quantitative estimate of drug-likeness (QED) is 0.491. The largest absolute Gasteiger partial charge is 0.484 e. The molecule has 0 aliphatic carbocycles. The number of piperazine rings is 1. The molecule has 188 valence electrons. The van der Waals surface area contributed by atoms with E-state index in [4.69, 9.17) is 4.74 Å². The van der Waals surface area contributed by atoms with Gasteiger partial charge in [-0.15, -0.1) is 0 Å². The lowest BCUT2D eigenvalue weighted by molar-refractivity contribution is -0.135. The molecule has 0 spiro atoms. The van der Waals surface area contributed by atoms with Gasteiger partial charge in [0.1, 0.15) is 5.75 Å². The monoisotopic (exact) mass is 505 g/mol. The zero-order chi connectivity index (χ0) is 25.0. The average molecular weight is 506 g/mol. The molecular weight excluding hydrogens is 474 g/mol. The third-order valence-corrected chi connectivity index (χ3v) is 8.64. The van der Waals surface area contributed by atoms with Crippen molar-refractivity contribution in [1.29, 1.82) is 0 Å². The molecule has 1 saturated heterocycles. The first-order chi connectivity index (χ1) is 17.5. The summed E-state index contributed by atoms with van der Waals surface area (Å²) in [6, 6.07) is 24.3. The molecule has 0 aromatic heterocycles. The van der Waals surface area contributed by atoms with E-state index in [2.05, 4.69) is 17.0 Å². The summed E-state index contributed by atoms with van der Waals surface area (Å²) < 4.78 is 33.8. The lowest BCUT2D eigenvalue weighted by Crippen LogP contribution is -2.49. The Morgan fingerprint density at radius 3 is 2.25 bits per heavy atom. The fraction of sp³-hybridized carbons (Fsp3) is 0.321. The standard InChI is InChI=1S/C28H31N3O4S/c32-28(30-19-17-29(18-20-30)21-23-7-2-1-3-8-23)22-35-25-12-14-26(15-13-25)36(33,34)31-16-6-10-24-9-4-5-11-27(24)31/h1-5,7-9,11-15H,6,10,16-22H2. The summed E-state index contributed by atoms with van der Waals surface area (Å²) in [4.78, 5) is 17.1. The molecule has 3 aromatic carbocycles. The highest BCUT2D eigenvalue weighted by Crippen LogP contribution is 2.32. The van der Waals surface area contributed by atoms with E-state index >= 15 is 0 Å². The zero-order valence-corrected chi connectivity index (χ0v) is 21.1. The van der Waals surface area contributed by atoms with Gasteiger partial charge < -0.3 is 9.64 Å². The second-order valence-electron chi connectivity index (χ2n) is 9.21. The van der Waals surface area contributed by atoms with Crippen molar-refractivity contribution in [2.75, 3.05) is 43.6 Å². The SMILES string of the molecule is O=C(COc1ccc(S(=O)(=O)N2CCCc3ccccc32)cc1)N1CCN(Cc2ccccc2)CC1. The van der Waals surface area contributed by atoms with Crippen molar-refractivity contribution in [2.45, 2.75) is 24.3 Å². The molecule has 2 aliphatic heterocycles. The summed E-state index contributed by atoms with van der Waals surface area (Å²) in [7, 11) is -3.67. The highest BCUT2D eigenvalue weighted by atomic mass is 32.2. The van der Waals surface area contributed by atoms with Gasteiger partial charge in [-0.2, -0.15) is 0 Å². The van der Waals surface area contributed by atoms with Crippen LogP contribution in [0, 0.1) is 0 Å². The zero-order valence-electron chi connectivity index (χ0n) is 20.3. The number of para-hydroxylation sites is 1. The van der Waals surface area contributed by atoms with Crippen molar-refractivity contribution in [3.05, 3.63) is 90.0 Å². The average Bonchev–Trinajstić information content (AvgIpc) is 2.92. The van der Waals surface area contributed by atoms with Gasteiger partial charge in [0.25, 0.3) is 15.9 Å². The minimum absolute atomic E-state index is 0.0593. The predicted molar refractivity (Wildman–Crippen MR) is 140 cm³/mol. The highest BCUT2D eigenvalue weighted by Gasteiger charge is 2.29. The Balaban J connectivity index is 1.14. The van der Waals surface area contributed by atoms with E-state index < -0.39 is 10.0 Å². The highest BCUT2D eigenvalue weighted by molar-refractivity contribution is 7.92.